The Morgan fingerprint density at radius 3 is 3.00 bits per heavy atom. The van der Waals surface area contributed by atoms with E-state index in [1.165, 1.54) is 0 Å². The highest BCUT2D eigenvalue weighted by molar-refractivity contribution is 5.74. The largest absolute Gasteiger partial charge is 0.342 e. The van der Waals surface area contributed by atoms with Gasteiger partial charge in [0.05, 0.1) is 24.0 Å². The third kappa shape index (κ3) is 2.63. The van der Waals surface area contributed by atoms with Crippen LogP contribution in [0.2, 0.25) is 0 Å². The number of nitrogens with one attached hydrogen (secondary N) is 2. The van der Waals surface area contributed by atoms with Crippen molar-refractivity contribution in [3.63, 3.8) is 0 Å². The molecule has 1 aromatic carbocycles. The summed E-state index contributed by atoms with van der Waals surface area (Å²) >= 11 is 0. The van der Waals surface area contributed by atoms with Gasteiger partial charge in [0.25, 0.3) is 0 Å². The van der Waals surface area contributed by atoms with E-state index in [-0.39, 0.29) is 0 Å². The van der Waals surface area contributed by atoms with E-state index >= 15 is 0 Å². The second-order valence-electron chi connectivity index (χ2n) is 4.26. The molecule has 98 valence electrons. The number of hydrogen-bond acceptors (Lipinski definition) is 5. The van der Waals surface area contributed by atoms with Crippen LogP contribution in [0.1, 0.15) is 24.5 Å². The van der Waals surface area contributed by atoms with Crippen molar-refractivity contribution in [1.29, 1.82) is 0 Å². The van der Waals surface area contributed by atoms with Crippen molar-refractivity contribution < 1.29 is 4.52 Å². The molecule has 0 fully saturated rings. The Labute approximate surface area is 110 Å². The van der Waals surface area contributed by atoms with Gasteiger partial charge in [-0.1, -0.05) is 24.2 Å². The molecule has 0 aliphatic carbocycles. The summed E-state index contributed by atoms with van der Waals surface area (Å²) in [4.78, 5) is 12.0. The number of aromatic nitrogens is 4. The van der Waals surface area contributed by atoms with Gasteiger partial charge in [0.15, 0.2) is 5.82 Å². The zero-order chi connectivity index (χ0) is 13.1. The highest BCUT2D eigenvalue weighted by Crippen LogP contribution is 2.12. The summed E-state index contributed by atoms with van der Waals surface area (Å²) in [6, 6.07) is 7.92. The van der Waals surface area contributed by atoms with E-state index in [4.69, 9.17) is 4.52 Å². The average Bonchev–Trinajstić information content (AvgIpc) is 3.02. The Hall–Kier alpha value is -2.21. The molecule has 2 aromatic heterocycles. The highest BCUT2D eigenvalue weighted by atomic mass is 16.5. The maximum absolute atomic E-state index is 5.15. The number of imidazole rings is 1. The van der Waals surface area contributed by atoms with Crippen LogP contribution in [0.15, 0.2) is 28.8 Å². The second kappa shape index (κ2) is 5.19. The number of nitrogens with zero attached hydrogens (tertiary/aromatic N) is 3. The van der Waals surface area contributed by atoms with Crippen molar-refractivity contribution in [1.82, 2.24) is 25.4 Å². The quantitative estimate of drug-likeness (QED) is 0.726. The molecular formula is C13H15N5O. The van der Waals surface area contributed by atoms with E-state index in [1.807, 2.05) is 31.2 Å². The summed E-state index contributed by atoms with van der Waals surface area (Å²) in [6.45, 7) is 3.51. The number of H-pyrrole nitrogens is 1. The van der Waals surface area contributed by atoms with E-state index in [0.717, 1.165) is 23.4 Å². The summed E-state index contributed by atoms with van der Waals surface area (Å²) in [5.41, 5.74) is 1.97. The molecule has 3 rings (SSSR count). The molecule has 0 atom stereocenters. The lowest BCUT2D eigenvalue weighted by Crippen LogP contribution is -2.11. The van der Waals surface area contributed by atoms with Gasteiger partial charge in [-0.2, -0.15) is 4.98 Å². The third-order valence-corrected chi connectivity index (χ3v) is 2.80. The van der Waals surface area contributed by atoms with Gasteiger partial charge < -0.3 is 14.8 Å². The molecule has 19 heavy (non-hydrogen) atoms. The maximum atomic E-state index is 5.15. The van der Waals surface area contributed by atoms with E-state index in [9.17, 15) is 0 Å². The molecule has 0 spiro atoms. The van der Waals surface area contributed by atoms with Gasteiger partial charge in [0.1, 0.15) is 5.82 Å². The smallest absolute Gasteiger partial charge is 0.240 e. The first-order valence-corrected chi connectivity index (χ1v) is 6.31. The summed E-state index contributed by atoms with van der Waals surface area (Å²) < 4.78 is 5.15. The number of rotatable bonds is 5. The SMILES string of the molecule is CCNCc1nc(Cc2nc3ccccc3[nH]2)no1. The van der Waals surface area contributed by atoms with Crippen molar-refractivity contribution in [2.75, 3.05) is 6.54 Å². The number of benzene rings is 1. The Bertz CT molecular complexity index is 639. The summed E-state index contributed by atoms with van der Waals surface area (Å²) in [5.74, 6) is 2.09. The van der Waals surface area contributed by atoms with Gasteiger partial charge in [0.2, 0.25) is 5.89 Å². The topological polar surface area (TPSA) is 79.6 Å². The average molecular weight is 257 g/mol. The lowest BCUT2D eigenvalue weighted by atomic mass is 10.3. The highest BCUT2D eigenvalue weighted by Gasteiger charge is 2.09. The predicted octanol–water partition coefficient (Wildman–Crippen LogP) is 1.65. The zero-order valence-electron chi connectivity index (χ0n) is 10.7. The van der Waals surface area contributed by atoms with Gasteiger partial charge in [-0.15, -0.1) is 0 Å². The second-order valence-corrected chi connectivity index (χ2v) is 4.26. The van der Waals surface area contributed by atoms with Gasteiger partial charge in [-0.05, 0) is 18.7 Å². The molecular weight excluding hydrogens is 242 g/mol. The Kier molecular flexibility index (Phi) is 3.24. The van der Waals surface area contributed by atoms with E-state index < -0.39 is 0 Å². The van der Waals surface area contributed by atoms with Crippen LogP contribution in [0, 0.1) is 0 Å². The van der Waals surface area contributed by atoms with Gasteiger partial charge in [-0.3, -0.25) is 0 Å². The fraction of sp³-hybridized carbons (Fsp3) is 0.308. The minimum absolute atomic E-state index is 0.546. The molecule has 0 amide bonds. The molecule has 6 heteroatoms. The number of para-hydroxylation sites is 2. The molecule has 3 aromatic rings. The van der Waals surface area contributed by atoms with E-state index in [2.05, 4.69) is 25.4 Å². The number of fused-ring (bicyclic) bond motifs is 1. The lowest BCUT2D eigenvalue weighted by Gasteiger charge is -1.92. The first kappa shape index (κ1) is 11.9. The van der Waals surface area contributed by atoms with Crippen LogP contribution in [-0.4, -0.2) is 26.7 Å². The van der Waals surface area contributed by atoms with Crippen LogP contribution in [0.4, 0.5) is 0 Å². The van der Waals surface area contributed by atoms with Crippen LogP contribution in [0.3, 0.4) is 0 Å². The monoisotopic (exact) mass is 257 g/mol. The van der Waals surface area contributed by atoms with Crippen molar-refractivity contribution in [2.24, 2.45) is 0 Å². The fourth-order valence-electron chi connectivity index (χ4n) is 1.90. The van der Waals surface area contributed by atoms with Crippen LogP contribution in [0.5, 0.6) is 0 Å². The summed E-state index contributed by atoms with van der Waals surface area (Å²) in [5, 5.41) is 7.09. The van der Waals surface area contributed by atoms with Crippen LogP contribution in [0.25, 0.3) is 11.0 Å². The Balaban J connectivity index is 1.75. The molecule has 2 heterocycles. The molecule has 2 N–H and O–H groups in total. The summed E-state index contributed by atoms with van der Waals surface area (Å²) in [6.07, 6.45) is 0.546. The van der Waals surface area contributed by atoms with Crippen molar-refractivity contribution in [3.05, 3.63) is 41.8 Å². The number of aromatic amines is 1. The molecule has 0 saturated carbocycles. The van der Waals surface area contributed by atoms with Gasteiger partial charge in [0, 0.05) is 0 Å². The Morgan fingerprint density at radius 2 is 2.16 bits per heavy atom. The van der Waals surface area contributed by atoms with Crippen LogP contribution < -0.4 is 5.32 Å². The fourth-order valence-corrected chi connectivity index (χ4v) is 1.90. The first-order chi connectivity index (χ1) is 9.35. The van der Waals surface area contributed by atoms with Crippen LogP contribution in [-0.2, 0) is 13.0 Å². The first-order valence-electron chi connectivity index (χ1n) is 6.31. The molecule has 6 nitrogen and oxygen atoms in total. The minimum atomic E-state index is 0.546. The van der Waals surface area contributed by atoms with Crippen molar-refractivity contribution in [3.8, 4) is 0 Å². The summed E-state index contributed by atoms with van der Waals surface area (Å²) in [7, 11) is 0. The van der Waals surface area contributed by atoms with E-state index in [0.29, 0.717) is 24.7 Å². The van der Waals surface area contributed by atoms with Crippen LogP contribution >= 0.6 is 0 Å². The minimum Gasteiger partial charge on any atom is -0.342 e. The Morgan fingerprint density at radius 1 is 1.26 bits per heavy atom. The standard InChI is InChI=1S/C13H15N5O/c1-2-14-8-13-17-12(18-19-13)7-11-15-9-5-3-4-6-10(9)16-11/h3-6,14H,2,7-8H2,1H3,(H,15,16). The molecule has 0 radical (unpaired) electrons. The molecule has 0 aliphatic rings. The molecule has 0 aliphatic heterocycles. The number of hydrogen-bond donors (Lipinski definition) is 2. The zero-order valence-corrected chi connectivity index (χ0v) is 10.7. The maximum Gasteiger partial charge on any atom is 0.240 e. The van der Waals surface area contributed by atoms with Crippen molar-refractivity contribution in [2.45, 2.75) is 19.9 Å². The third-order valence-electron chi connectivity index (χ3n) is 2.80. The lowest BCUT2D eigenvalue weighted by molar-refractivity contribution is 0.364. The van der Waals surface area contributed by atoms with Gasteiger partial charge in [-0.25, -0.2) is 4.98 Å². The van der Waals surface area contributed by atoms with E-state index in [1.54, 1.807) is 0 Å². The van der Waals surface area contributed by atoms with Crippen molar-refractivity contribution >= 4 is 11.0 Å². The van der Waals surface area contributed by atoms with Gasteiger partial charge >= 0.3 is 0 Å². The normalized spacial score (nSPS) is 11.2. The molecule has 0 bridgehead atoms. The predicted molar refractivity (Wildman–Crippen MR) is 70.6 cm³/mol. The molecule has 0 saturated heterocycles. The molecule has 0 unspecified atom stereocenters.